The highest BCUT2D eigenvalue weighted by atomic mass is 32.2. The molecule has 0 heterocycles. The predicted octanol–water partition coefficient (Wildman–Crippen LogP) is 7.06. The molecule has 0 radical (unpaired) electrons. The molecule has 0 aromatic heterocycles. The van der Waals surface area contributed by atoms with Crippen LogP contribution in [0.15, 0.2) is 81.4 Å². The van der Waals surface area contributed by atoms with Crippen LogP contribution in [0.5, 0.6) is 0 Å². The van der Waals surface area contributed by atoms with Crippen LogP contribution in [0.2, 0.25) is 18.1 Å². The summed E-state index contributed by atoms with van der Waals surface area (Å²) in [5.41, 5.74) is 1.15. The van der Waals surface area contributed by atoms with Crippen molar-refractivity contribution in [3.8, 4) is 0 Å². The van der Waals surface area contributed by atoms with E-state index >= 15 is 0 Å². The average Bonchev–Trinajstić information content (AvgIpc) is 2.70. The first-order chi connectivity index (χ1) is 13.5. The molecule has 2 aromatic carbocycles. The van der Waals surface area contributed by atoms with E-state index in [1.54, 1.807) is 12.5 Å². The van der Waals surface area contributed by atoms with Crippen LogP contribution in [-0.2, 0) is 14.2 Å². The van der Waals surface area contributed by atoms with Gasteiger partial charge < -0.3 is 4.43 Å². The van der Waals surface area contributed by atoms with Gasteiger partial charge in [-0.1, -0.05) is 82.3 Å². The summed E-state index contributed by atoms with van der Waals surface area (Å²) in [5, 5.41) is 1.87. The van der Waals surface area contributed by atoms with Gasteiger partial charge in [-0.05, 0) is 35.8 Å². The smallest absolute Gasteiger partial charge is 0.192 e. The first kappa shape index (κ1) is 23.6. The molecule has 0 spiro atoms. The maximum absolute atomic E-state index is 13.4. The monoisotopic (exact) mass is 429 g/mol. The molecule has 0 amide bonds. The Balaban J connectivity index is 2.39. The van der Waals surface area contributed by atoms with Crippen molar-refractivity contribution in [2.75, 3.05) is 7.05 Å². The van der Waals surface area contributed by atoms with Gasteiger partial charge in [0.25, 0.3) is 0 Å². The number of hydrogen-bond donors (Lipinski definition) is 0. The van der Waals surface area contributed by atoms with E-state index in [1.165, 1.54) is 0 Å². The highest BCUT2D eigenvalue weighted by Crippen LogP contribution is 2.42. The number of hydrogen-bond acceptors (Lipinski definition) is 3. The van der Waals surface area contributed by atoms with Gasteiger partial charge in [0.15, 0.2) is 8.32 Å². The van der Waals surface area contributed by atoms with Crippen LogP contribution < -0.4 is 0 Å². The minimum absolute atomic E-state index is 0.0535. The van der Waals surface area contributed by atoms with Gasteiger partial charge in [0.1, 0.15) is 0 Å². The molecular weight excluding hydrogens is 394 g/mol. The van der Waals surface area contributed by atoms with Crippen LogP contribution in [0, 0.1) is 5.92 Å². The minimum atomic E-state index is -2.59. The number of nitrogens with zero attached hydrogens (tertiary/aromatic N) is 1. The summed E-state index contributed by atoms with van der Waals surface area (Å²) in [6, 6.07) is 19.8. The standard InChI is InChI=1S/C24H35NO2SSi/c1-20(18-19-28(26,25-5)22-16-12-9-13-17-22)23(21-14-10-8-11-15-21)27-29(6,7)24(2,3)4/h8-20,23H,1-7H3/b19-18+/t20-,23-,28?/m1/s1. The highest BCUT2D eigenvalue weighted by molar-refractivity contribution is 7.96. The van der Waals surface area contributed by atoms with Crippen LogP contribution in [0.3, 0.4) is 0 Å². The number of benzene rings is 2. The van der Waals surface area contributed by atoms with Crippen LogP contribution in [0.4, 0.5) is 0 Å². The fourth-order valence-electron chi connectivity index (χ4n) is 2.81. The lowest BCUT2D eigenvalue weighted by molar-refractivity contribution is 0.147. The lowest BCUT2D eigenvalue weighted by Gasteiger charge is -2.40. The van der Waals surface area contributed by atoms with Crippen molar-refractivity contribution in [3.05, 3.63) is 77.7 Å². The molecule has 0 aliphatic heterocycles. The molecule has 0 saturated heterocycles. The van der Waals surface area contributed by atoms with Gasteiger partial charge in [0, 0.05) is 18.4 Å². The van der Waals surface area contributed by atoms with Crippen LogP contribution in [0.25, 0.3) is 0 Å². The Morgan fingerprint density at radius 3 is 2.00 bits per heavy atom. The third-order valence-electron chi connectivity index (χ3n) is 5.75. The largest absolute Gasteiger partial charge is 0.409 e. The van der Waals surface area contributed by atoms with Gasteiger partial charge in [-0.25, -0.2) is 8.57 Å². The van der Waals surface area contributed by atoms with E-state index < -0.39 is 18.0 Å². The maximum Gasteiger partial charge on any atom is 0.192 e. The van der Waals surface area contributed by atoms with Crippen molar-refractivity contribution in [1.82, 2.24) is 0 Å². The van der Waals surface area contributed by atoms with Gasteiger partial charge in [-0.2, -0.15) is 0 Å². The Morgan fingerprint density at radius 1 is 1.00 bits per heavy atom. The minimum Gasteiger partial charge on any atom is -0.409 e. The molecule has 3 atom stereocenters. The topological polar surface area (TPSA) is 38.7 Å². The summed E-state index contributed by atoms with van der Waals surface area (Å²) >= 11 is 0. The molecule has 0 aliphatic carbocycles. The van der Waals surface area contributed by atoms with Crippen molar-refractivity contribution in [1.29, 1.82) is 0 Å². The molecule has 0 fully saturated rings. The molecule has 1 unspecified atom stereocenters. The average molecular weight is 430 g/mol. The Labute approximate surface area is 178 Å². The molecule has 5 heteroatoms. The molecular formula is C24H35NO2SSi. The quantitative estimate of drug-likeness (QED) is 0.442. The van der Waals surface area contributed by atoms with E-state index in [9.17, 15) is 4.21 Å². The van der Waals surface area contributed by atoms with Crippen molar-refractivity contribution >= 4 is 18.0 Å². The second-order valence-electron chi connectivity index (χ2n) is 8.96. The van der Waals surface area contributed by atoms with Crippen molar-refractivity contribution in [3.63, 3.8) is 0 Å². The second kappa shape index (κ2) is 9.41. The van der Waals surface area contributed by atoms with Gasteiger partial charge in [0.2, 0.25) is 0 Å². The third kappa shape index (κ3) is 5.90. The predicted molar refractivity (Wildman–Crippen MR) is 127 cm³/mol. The van der Waals surface area contributed by atoms with Crippen LogP contribution in [-0.4, -0.2) is 19.6 Å². The first-order valence-corrected chi connectivity index (χ1v) is 14.6. The van der Waals surface area contributed by atoms with E-state index in [4.69, 9.17) is 4.43 Å². The van der Waals surface area contributed by atoms with Crippen molar-refractivity contribution in [2.24, 2.45) is 10.3 Å². The lowest BCUT2D eigenvalue weighted by Crippen LogP contribution is -2.42. The van der Waals surface area contributed by atoms with Gasteiger partial charge in [0.05, 0.1) is 20.7 Å². The van der Waals surface area contributed by atoms with E-state index in [1.807, 2.05) is 54.6 Å². The third-order valence-corrected chi connectivity index (χ3v) is 12.2. The zero-order chi connectivity index (χ0) is 21.7. The van der Waals surface area contributed by atoms with E-state index in [2.05, 4.69) is 57.3 Å². The summed E-state index contributed by atoms with van der Waals surface area (Å²) in [4.78, 5) is 0.729. The summed E-state index contributed by atoms with van der Waals surface area (Å²) in [6.45, 7) is 13.4. The molecule has 3 nitrogen and oxygen atoms in total. The fraction of sp³-hybridized carbons (Fsp3) is 0.417. The fourth-order valence-corrected chi connectivity index (χ4v) is 5.64. The molecule has 0 aliphatic rings. The Bertz CT molecular complexity index is 924. The molecule has 2 rings (SSSR count). The van der Waals surface area contributed by atoms with Crippen molar-refractivity contribution in [2.45, 2.75) is 56.8 Å². The summed E-state index contributed by atoms with van der Waals surface area (Å²) in [6.07, 6.45) is 1.91. The molecule has 2 aromatic rings. The molecule has 0 saturated carbocycles. The lowest BCUT2D eigenvalue weighted by atomic mass is 9.98. The molecule has 0 N–H and O–H groups in total. The van der Waals surface area contributed by atoms with E-state index in [-0.39, 0.29) is 17.1 Å². The Hall–Kier alpha value is -1.69. The summed E-state index contributed by atoms with van der Waals surface area (Å²) in [7, 11) is -2.96. The van der Waals surface area contributed by atoms with E-state index in [0.29, 0.717) is 0 Å². The second-order valence-corrected chi connectivity index (χ2v) is 16.0. The zero-order valence-electron chi connectivity index (χ0n) is 18.8. The van der Waals surface area contributed by atoms with Gasteiger partial charge >= 0.3 is 0 Å². The maximum atomic E-state index is 13.4. The van der Waals surface area contributed by atoms with Gasteiger partial charge in [-0.3, -0.25) is 0 Å². The van der Waals surface area contributed by atoms with Gasteiger partial charge in [-0.15, -0.1) is 0 Å². The Kier molecular flexibility index (Phi) is 7.66. The zero-order valence-corrected chi connectivity index (χ0v) is 20.6. The summed E-state index contributed by atoms with van der Waals surface area (Å²) < 4.78 is 24.4. The molecule has 29 heavy (non-hydrogen) atoms. The molecule has 0 bridgehead atoms. The van der Waals surface area contributed by atoms with E-state index in [0.717, 1.165) is 10.5 Å². The van der Waals surface area contributed by atoms with Crippen LogP contribution >= 0.6 is 0 Å². The Morgan fingerprint density at radius 2 is 1.52 bits per heavy atom. The van der Waals surface area contributed by atoms with Crippen molar-refractivity contribution < 1.29 is 8.63 Å². The van der Waals surface area contributed by atoms with Crippen LogP contribution in [0.1, 0.15) is 39.4 Å². The first-order valence-electron chi connectivity index (χ1n) is 10.1. The molecule has 158 valence electrons. The normalized spacial score (nSPS) is 16.9. The highest BCUT2D eigenvalue weighted by Gasteiger charge is 2.40. The summed E-state index contributed by atoms with van der Waals surface area (Å²) in [5.74, 6) is 0.0535. The SMILES string of the molecule is CN=S(=O)(/C=C/[C@@H](C)[C@@H](O[Si](C)(C)C(C)(C)C)c1ccccc1)c1ccccc1. The number of rotatable bonds is 7.